The molecule has 0 saturated carbocycles. The Morgan fingerprint density at radius 2 is 2.20 bits per heavy atom. The Balaban J connectivity index is 2.08. The average Bonchev–Trinajstić information content (AvgIpc) is 3.03. The van der Waals surface area contributed by atoms with Crippen LogP contribution in [-0.4, -0.2) is 11.7 Å². The summed E-state index contributed by atoms with van der Waals surface area (Å²) in [5.41, 5.74) is 8.46. The van der Waals surface area contributed by atoms with Crippen LogP contribution in [0.3, 0.4) is 0 Å². The second-order valence-electron chi connectivity index (χ2n) is 4.49. The third-order valence-electron chi connectivity index (χ3n) is 3.34. The van der Waals surface area contributed by atoms with Gasteiger partial charge in [-0.1, -0.05) is 6.07 Å². The van der Waals surface area contributed by atoms with Crippen molar-refractivity contribution in [3.63, 3.8) is 0 Å². The van der Waals surface area contributed by atoms with E-state index in [1.807, 2.05) is 23.6 Å². The molecule has 20 heavy (non-hydrogen) atoms. The normalized spacial score (nSPS) is 12.8. The number of nitrogens with two attached hydrogens (primary N) is 1. The molecule has 0 aliphatic carbocycles. The van der Waals surface area contributed by atoms with E-state index in [2.05, 4.69) is 0 Å². The van der Waals surface area contributed by atoms with Gasteiger partial charge in [-0.15, -0.1) is 11.3 Å². The minimum absolute atomic E-state index is 0.306. The number of hydrogen-bond donors (Lipinski definition) is 1. The van der Waals surface area contributed by atoms with Gasteiger partial charge in [-0.05, 0) is 29.1 Å². The second-order valence-corrected chi connectivity index (χ2v) is 5.43. The molecule has 3 rings (SSSR count). The molecule has 5 nitrogen and oxygen atoms in total. The van der Waals surface area contributed by atoms with Gasteiger partial charge < -0.3 is 14.9 Å². The number of rotatable bonds is 3. The van der Waals surface area contributed by atoms with Gasteiger partial charge in [0.05, 0.1) is 23.5 Å². The molecule has 0 aliphatic rings. The largest absolute Gasteiger partial charge is 0.496 e. The van der Waals surface area contributed by atoms with Crippen LogP contribution >= 0.6 is 11.3 Å². The summed E-state index contributed by atoms with van der Waals surface area (Å²) in [5.74, 6) is 0.400. The van der Waals surface area contributed by atoms with Gasteiger partial charge in [0.25, 0.3) is 0 Å². The average molecular weight is 290 g/mol. The van der Waals surface area contributed by atoms with Crippen molar-refractivity contribution in [3.05, 3.63) is 50.6 Å². The molecule has 1 atom stereocenters. The fourth-order valence-electron chi connectivity index (χ4n) is 2.20. The molecule has 2 N–H and O–H groups in total. The van der Waals surface area contributed by atoms with E-state index in [1.165, 1.54) is 4.57 Å². The van der Waals surface area contributed by atoms with Gasteiger partial charge in [0.2, 0.25) is 0 Å². The SMILES string of the molecule is COc1ccsc1C(N)c1ccc2c(c1)oc(=O)n2C. The lowest BCUT2D eigenvalue weighted by Crippen LogP contribution is -2.11. The number of oxazole rings is 1. The molecule has 0 amide bonds. The molecule has 2 aromatic heterocycles. The van der Waals surface area contributed by atoms with Crippen molar-refractivity contribution >= 4 is 22.4 Å². The molecule has 0 radical (unpaired) electrons. The van der Waals surface area contributed by atoms with E-state index in [0.717, 1.165) is 21.7 Å². The third-order valence-corrected chi connectivity index (χ3v) is 4.32. The van der Waals surface area contributed by atoms with E-state index in [0.29, 0.717) is 5.58 Å². The van der Waals surface area contributed by atoms with Crippen molar-refractivity contribution in [2.75, 3.05) is 7.11 Å². The van der Waals surface area contributed by atoms with Gasteiger partial charge in [-0.2, -0.15) is 0 Å². The maximum absolute atomic E-state index is 11.5. The summed E-state index contributed by atoms with van der Waals surface area (Å²) < 4.78 is 11.9. The van der Waals surface area contributed by atoms with Gasteiger partial charge in [0.15, 0.2) is 5.58 Å². The molecule has 0 bridgehead atoms. The summed E-state index contributed by atoms with van der Waals surface area (Å²) in [5, 5.41) is 1.94. The number of aryl methyl sites for hydroxylation is 1. The highest BCUT2D eigenvalue weighted by atomic mass is 32.1. The summed E-state index contributed by atoms with van der Waals surface area (Å²) in [7, 11) is 3.30. The molecule has 0 spiro atoms. The van der Waals surface area contributed by atoms with Crippen LogP contribution in [0.15, 0.2) is 38.9 Å². The molecule has 1 unspecified atom stereocenters. The lowest BCUT2D eigenvalue weighted by molar-refractivity contribution is 0.411. The fourth-order valence-corrected chi connectivity index (χ4v) is 3.09. The van der Waals surface area contributed by atoms with Gasteiger partial charge in [-0.25, -0.2) is 4.79 Å². The fraction of sp³-hybridized carbons (Fsp3) is 0.214. The first kappa shape index (κ1) is 13.0. The number of hydrogen-bond acceptors (Lipinski definition) is 5. The Labute approximate surface area is 119 Å². The summed E-state index contributed by atoms with van der Waals surface area (Å²) in [6, 6.07) is 7.14. The summed E-state index contributed by atoms with van der Waals surface area (Å²) >= 11 is 1.54. The van der Waals surface area contributed by atoms with Crippen LogP contribution in [-0.2, 0) is 7.05 Å². The number of methoxy groups -OCH3 is 1. The van der Waals surface area contributed by atoms with E-state index < -0.39 is 0 Å². The van der Waals surface area contributed by atoms with Crippen molar-refractivity contribution in [1.82, 2.24) is 4.57 Å². The van der Waals surface area contributed by atoms with Crippen LogP contribution in [0, 0.1) is 0 Å². The topological polar surface area (TPSA) is 70.4 Å². The zero-order valence-corrected chi connectivity index (χ0v) is 11.9. The summed E-state index contributed by atoms with van der Waals surface area (Å²) in [6.07, 6.45) is 0. The molecule has 0 fully saturated rings. The summed E-state index contributed by atoms with van der Waals surface area (Å²) in [4.78, 5) is 12.4. The Hall–Kier alpha value is -2.05. The predicted molar refractivity (Wildman–Crippen MR) is 78.4 cm³/mol. The molecular weight excluding hydrogens is 276 g/mol. The summed E-state index contributed by atoms with van der Waals surface area (Å²) in [6.45, 7) is 0. The van der Waals surface area contributed by atoms with Crippen molar-refractivity contribution in [2.24, 2.45) is 12.8 Å². The zero-order valence-electron chi connectivity index (χ0n) is 11.1. The number of ether oxygens (including phenoxy) is 1. The van der Waals surface area contributed by atoms with Crippen LogP contribution in [0.4, 0.5) is 0 Å². The Kier molecular flexibility index (Phi) is 3.11. The number of benzene rings is 1. The molecule has 1 aromatic carbocycles. The van der Waals surface area contributed by atoms with Crippen molar-refractivity contribution in [2.45, 2.75) is 6.04 Å². The van der Waals surface area contributed by atoms with Crippen molar-refractivity contribution in [1.29, 1.82) is 0 Å². The highest BCUT2D eigenvalue weighted by molar-refractivity contribution is 7.10. The quantitative estimate of drug-likeness (QED) is 0.803. The van der Waals surface area contributed by atoms with E-state index in [-0.39, 0.29) is 11.8 Å². The Morgan fingerprint density at radius 3 is 2.95 bits per heavy atom. The smallest absolute Gasteiger partial charge is 0.419 e. The Bertz CT molecular complexity index is 815. The number of nitrogens with zero attached hydrogens (tertiary/aromatic N) is 1. The predicted octanol–water partition coefficient (Wildman–Crippen LogP) is 2.25. The van der Waals surface area contributed by atoms with Crippen LogP contribution in [0.25, 0.3) is 11.1 Å². The first-order valence-corrected chi connectivity index (χ1v) is 6.96. The van der Waals surface area contributed by atoms with Crippen LogP contribution in [0.1, 0.15) is 16.5 Å². The maximum atomic E-state index is 11.5. The maximum Gasteiger partial charge on any atom is 0.419 e. The first-order chi connectivity index (χ1) is 9.61. The van der Waals surface area contributed by atoms with Gasteiger partial charge in [-0.3, -0.25) is 4.57 Å². The molecule has 2 heterocycles. The molecule has 6 heteroatoms. The highest BCUT2D eigenvalue weighted by Crippen LogP contribution is 2.33. The minimum Gasteiger partial charge on any atom is -0.496 e. The van der Waals surface area contributed by atoms with Crippen LogP contribution in [0.5, 0.6) is 5.75 Å². The zero-order chi connectivity index (χ0) is 14.3. The van der Waals surface area contributed by atoms with Gasteiger partial charge in [0, 0.05) is 7.05 Å². The molecule has 104 valence electrons. The van der Waals surface area contributed by atoms with E-state index in [1.54, 1.807) is 31.6 Å². The van der Waals surface area contributed by atoms with E-state index >= 15 is 0 Å². The van der Waals surface area contributed by atoms with Gasteiger partial charge >= 0.3 is 5.76 Å². The highest BCUT2D eigenvalue weighted by Gasteiger charge is 2.17. The first-order valence-electron chi connectivity index (χ1n) is 6.08. The second kappa shape index (κ2) is 4.81. The number of thiophene rings is 1. The monoisotopic (exact) mass is 290 g/mol. The van der Waals surface area contributed by atoms with Crippen LogP contribution in [0.2, 0.25) is 0 Å². The standard InChI is InChI=1S/C14H14N2O3S/c1-16-9-4-3-8(7-11(9)19-14(16)17)12(15)13-10(18-2)5-6-20-13/h3-7,12H,15H2,1-2H3. The van der Waals surface area contributed by atoms with E-state index in [4.69, 9.17) is 14.9 Å². The van der Waals surface area contributed by atoms with Gasteiger partial charge in [0.1, 0.15) is 5.75 Å². The van der Waals surface area contributed by atoms with Crippen molar-refractivity contribution < 1.29 is 9.15 Å². The molecule has 0 saturated heterocycles. The number of aromatic nitrogens is 1. The minimum atomic E-state index is -0.376. The third kappa shape index (κ3) is 1.93. The van der Waals surface area contributed by atoms with E-state index in [9.17, 15) is 4.79 Å². The van der Waals surface area contributed by atoms with Crippen LogP contribution < -0.4 is 16.2 Å². The number of fused-ring (bicyclic) bond motifs is 1. The molecule has 3 aromatic rings. The lowest BCUT2D eigenvalue weighted by Gasteiger charge is -2.12. The molecule has 0 aliphatic heterocycles. The van der Waals surface area contributed by atoms with Crippen molar-refractivity contribution in [3.8, 4) is 5.75 Å². The lowest BCUT2D eigenvalue weighted by atomic mass is 10.1. The Morgan fingerprint density at radius 1 is 1.40 bits per heavy atom. The molecular formula is C14H14N2O3S.